The van der Waals surface area contributed by atoms with Crippen LogP contribution in [0.5, 0.6) is 0 Å². The Morgan fingerprint density at radius 3 is 2.57 bits per heavy atom. The first-order chi connectivity index (χ1) is 9.97. The van der Waals surface area contributed by atoms with Gasteiger partial charge in [0.15, 0.2) is 0 Å². The minimum Gasteiger partial charge on any atom is -0.478 e. The van der Waals surface area contributed by atoms with E-state index in [1.165, 1.54) is 36.4 Å². The van der Waals surface area contributed by atoms with E-state index in [2.05, 4.69) is 5.32 Å². The summed E-state index contributed by atoms with van der Waals surface area (Å²) in [5.41, 5.74) is 0.430. The fourth-order valence-electron chi connectivity index (χ4n) is 1.76. The molecule has 21 heavy (non-hydrogen) atoms. The highest BCUT2D eigenvalue weighted by atomic mass is 35.5. The number of carbonyl (C=O) groups is 2. The molecule has 0 heterocycles. The van der Waals surface area contributed by atoms with Crippen molar-refractivity contribution in [1.29, 1.82) is 0 Å². The van der Waals surface area contributed by atoms with Crippen molar-refractivity contribution in [1.82, 2.24) is 0 Å². The van der Waals surface area contributed by atoms with E-state index in [9.17, 15) is 14.0 Å². The Bertz CT molecular complexity index is 703. The summed E-state index contributed by atoms with van der Waals surface area (Å²) in [7, 11) is 0. The summed E-state index contributed by atoms with van der Waals surface area (Å²) in [6, 6.07) is 9.89. The molecule has 0 aliphatic rings. The van der Waals surface area contributed by atoms with Gasteiger partial charge in [-0.05, 0) is 29.8 Å². The highest BCUT2D eigenvalue weighted by molar-refractivity contribution is 6.33. The molecule has 0 saturated heterocycles. The van der Waals surface area contributed by atoms with Gasteiger partial charge in [0.25, 0.3) is 0 Å². The molecule has 6 heteroatoms. The molecule has 0 radical (unpaired) electrons. The van der Waals surface area contributed by atoms with Crippen LogP contribution in [0.3, 0.4) is 0 Å². The number of amides is 1. The third-order valence-electron chi connectivity index (χ3n) is 2.80. The Kier molecular flexibility index (Phi) is 4.55. The van der Waals surface area contributed by atoms with Crippen LogP contribution >= 0.6 is 11.6 Å². The Balaban J connectivity index is 2.15. The van der Waals surface area contributed by atoms with Gasteiger partial charge in [-0.15, -0.1) is 0 Å². The molecule has 0 aliphatic carbocycles. The van der Waals surface area contributed by atoms with Crippen molar-refractivity contribution < 1.29 is 19.1 Å². The summed E-state index contributed by atoms with van der Waals surface area (Å²) in [4.78, 5) is 22.8. The predicted molar refractivity (Wildman–Crippen MR) is 77.1 cm³/mol. The van der Waals surface area contributed by atoms with Crippen LogP contribution in [0, 0.1) is 5.82 Å². The zero-order valence-electron chi connectivity index (χ0n) is 10.8. The number of rotatable bonds is 4. The van der Waals surface area contributed by atoms with Gasteiger partial charge in [0.05, 0.1) is 22.7 Å². The Labute approximate surface area is 125 Å². The minimum atomic E-state index is -1.13. The quantitative estimate of drug-likeness (QED) is 0.910. The van der Waals surface area contributed by atoms with Gasteiger partial charge in [-0.2, -0.15) is 0 Å². The number of hydrogen-bond donors (Lipinski definition) is 2. The number of carboxylic acid groups (broad SMARTS) is 1. The molecule has 0 unspecified atom stereocenters. The highest BCUT2D eigenvalue weighted by Gasteiger charge is 2.12. The second-order valence-electron chi connectivity index (χ2n) is 4.32. The normalized spacial score (nSPS) is 10.2. The first kappa shape index (κ1) is 15.0. The van der Waals surface area contributed by atoms with E-state index in [1.54, 1.807) is 6.07 Å². The summed E-state index contributed by atoms with van der Waals surface area (Å²) >= 11 is 5.90. The summed E-state index contributed by atoms with van der Waals surface area (Å²) < 4.78 is 13.5. The average molecular weight is 308 g/mol. The molecule has 4 nitrogen and oxygen atoms in total. The molecule has 0 aromatic heterocycles. The van der Waals surface area contributed by atoms with Gasteiger partial charge in [-0.3, -0.25) is 4.79 Å². The Morgan fingerprint density at radius 1 is 1.19 bits per heavy atom. The van der Waals surface area contributed by atoms with E-state index in [-0.39, 0.29) is 28.3 Å². The average Bonchev–Trinajstić information content (AvgIpc) is 2.43. The molecule has 2 aromatic rings. The summed E-state index contributed by atoms with van der Waals surface area (Å²) in [5, 5.41) is 11.6. The van der Waals surface area contributed by atoms with Gasteiger partial charge in [-0.25, -0.2) is 9.18 Å². The smallest absolute Gasteiger partial charge is 0.335 e. The van der Waals surface area contributed by atoms with Crippen LogP contribution in [0.15, 0.2) is 42.5 Å². The van der Waals surface area contributed by atoms with E-state index >= 15 is 0 Å². The van der Waals surface area contributed by atoms with Crippen LogP contribution in [0.25, 0.3) is 0 Å². The molecule has 0 fully saturated rings. The molecule has 108 valence electrons. The van der Waals surface area contributed by atoms with E-state index < -0.39 is 17.7 Å². The maximum Gasteiger partial charge on any atom is 0.335 e. The van der Waals surface area contributed by atoms with Crippen molar-refractivity contribution in [3.8, 4) is 0 Å². The lowest BCUT2D eigenvalue weighted by molar-refractivity contribution is -0.115. The molecule has 0 atom stereocenters. The third-order valence-corrected chi connectivity index (χ3v) is 3.13. The Morgan fingerprint density at radius 2 is 1.90 bits per heavy atom. The van der Waals surface area contributed by atoms with Crippen molar-refractivity contribution >= 4 is 29.2 Å². The van der Waals surface area contributed by atoms with Gasteiger partial charge < -0.3 is 10.4 Å². The molecule has 2 N–H and O–H groups in total. The van der Waals surface area contributed by atoms with Crippen LogP contribution in [0.2, 0.25) is 5.02 Å². The second kappa shape index (κ2) is 6.37. The molecule has 0 spiro atoms. The summed E-state index contributed by atoms with van der Waals surface area (Å²) in [5.74, 6) is -2.08. The molecular weight excluding hydrogens is 297 g/mol. The van der Waals surface area contributed by atoms with Gasteiger partial charge >= 0.3 is 5.97 Å². The Hall–Kier alpha value is -2.40. The first-order valence-corrected chi connectivity index (χ1v) is 6.41. The summed E-state index contributed by atoms with van der Waals surface area (Å²) in [6.07, 6.45) is -0.166. The number of aromatic carboxylic acids is 1. The van der Waals surface area contributed by atoms with Gasteiger partial charge in [0.1, 0.15) is 5.82 Å². The molecule has 0 aliphatic heterocycles. The number of carbonyl (C=O) groups excluding carboxylic acids is 1. The zero-order chi connectivity index (χ0) is 15.4. The van der Waals surface area contributed by atoms with Crippen LogP contribution in [0.4, 0.5) is 10.1 Å². The maximum absolute atomic E-state index is 13.5. The van der Waals surface area contributed by atoms with Crippen molar-refractivity contribution in [2.75, 3.05) is 5.32 Å². The monoisotopic (exact) mass is 307 g/mol. The first-order valence-electron chi connectivity index (χ1n) is 6.03. The molecule has 2 rings (SSSR count). The van der Waals surface area contributed by atoms with Crippen molar-refractivity contribution in [3.63, 3.8) is 0 Å². The lowest BCUT2D eigenvalue weighted by Gasteiger charge is -2.08. The number of nitrogens with one attached hydrogen (secondary N) is 1. The van der Waals surface area contributed by atoms with Crippen molar-refractivity contribution in [2.24, 2.45) is 0 Å². The van der Waals surface area contributed by atoms with Crippen LogP contribution < -0.4 is 5.32 Å². The molecule has 0 bridgehead atoms. The fraction of sp³-hybridized carbons (Fsp3) is 0.0667. The molecule has 1 amide bonds. The number of carboxylic acids is 1. The van der Waals surface area contributed by atoms with Crippen LogP contribution in [0.1, 0.15) is 15.9 Å². The molecule has 0 saturated carbocycles. The number of benzene rings is 2. The van der Waals surface area contributed by atoms with Gasteiger partial charge in [-0.1, -0.05) is 29.8 Å². The maximum atomic E-state index is 13.5. The minimum absolute atomic E-state index is 0.000548. The fourth-order valence-corrected chi connectivity index (χ4v) is 1.93. The van der Waals surface area contributed by atoms with Crippen molar-refractivity contribution in [3.05, 3.63) is 64.4 Å². The number of hydrogen-bond acceptors (Lipinski definition) is 2. The molecule has 2 aromatic carbocycles. The van der Waals surface area contributed by atoms with E-state index in [4.69, 9.17) is 16.7 Å². The lowest BCUT2D eigenvalue weighted by atomic mass is 10.1. The third kappa shape index (κ3) is 3.79. The van der Waals surface area contributed by atoms with Crippen LogP contribution in [-0.4, -0.2) is 17.0 Å². The van der Waals surface area contributed by atoms with E-state index in [0.29, 0.717) is 0 Å². The second-order valence-corrected chi connectivity index (χ2v) is 4.72. The SMILES string of the molecule is O=C(Cc1ccccc1F)Nc1cc(C(=O)O)ccc1Cl. The predicted octanol–water partition coefficient (Wildman–Crippen LogP) is 3.36. The topological polar surface area (TPSA) is 66.4 Å². The van der Waals surface area contributed by atoms with Gasteiger partial charge in [0.2, 0.25) is 5.91 Å². The highest BCUT2D eigenvalue weighted by Crippen LogP contribution is 2.23. The molecular formula is C15H11ClFNO3. The summed E-state index contributed by atoms with van der Waals surface area (Å²) in [6.45, 7) is 0. The number of anilines is 1. The largest absolute Gasteiger partial charge is 0.478 e. The van der Waals surface area contributed by atoms with Crippen molar-refractivity contribution in [2.45, 2.75) is 6.42 Å². The zero-order valence-corrected chi connectivity index (χ0v) is 11.5. The van der Waals surface area contributed by atoms with Crippen LogP contribution in [-0.2, 0) is 11.2 Å². The van der Waals surface area contributed by atoms with E-state index in [0.717, 1.165) is 0 Å². The number of halogens is 2. The van der Waals surface area contributed by atoms with E-state index in [1.807, 2.05) is 0 Å². The lowest BCUT2D eigenvalue weighted by Crippen LogP contribution is -2.16. The standard InChI is InChI=1S/C15H11ClFNO3/c16-11-6-5-10(15(20)21)7-13(11)18-14(19)8-9-3-1-2-4-12(9)17/h1-7H,8H2,(H,18,19)(H,20,21). The van der Waals surface area contributed by atoms with Gasteiger partial charge in [0, 0.05) is 0 Å².